The SMILES string of the molecule is COC(=O)c1c(COC(=O)c2ccccc2F)nc2cc(Cl)c(Cl)cc2[n+]1[O-]. The highest BCUT2D eigenvalue weighted by Crippen LogP contribution is 2.26. The molecule has 0 amide bonds. The second-order valence-corrected chi connectivity index (χ2v) is 6.32. The molecule has 0 aliphatic carbocycles. The van der Waals surface area contributed by atoms with E-state index in [0.29, 0.717) is 0 Å². The van der Waals surface area contributed by atoms with Crippen LogP contribution in [0.15, 0.2) is 36.4 Å². The number of carbonyl (C=O) groups is 2. The normalized spacial score (nSPS) is 10.7. The lowest BCUT2D eigenvalue weighted by atomic mass is 10.2. The molecular formula is C18H11Cl2FN2O5. The largest absolute Gasteiger partial charge is 0.618 e. The number of hydrogen-bond acceptors (Lipinski definition) is 6. The molecule has 0 radical (unpaired) electrons. The van der Waals surface area contributed by atoms with Gasteiger partial charge in [-0.15, -0.1) is 0 Å². The Kier molecular flexibility index (Phi) is 5.62. The van der Waals surface area contributed by atoms with Crippen LogP contribution >= 0.6 is 23.2 Å². The molecule has 0 unspecified atom stereocenters. The minimum absolute atomic E-state index is 0.0287. The summed E-state index contributed by atoms with van der Waals surface area (Å²) >= 11 is 11.9. The molecule has 144 valence electrons. The third-order valence-electron chi connectivity index (χ3n) is 3.78. The van der Waals surface area contributed by atoms with Gasteiger partial charge in [-0.3, -0.25) is 0 Å². The average Bonchev–Trinajstić information content (AvgIpc) is 2.67. The predicted molar refractivity (Wildman–Crippen MR) is 97.6 cm³/mol. The molecule has 7 nitrogen and oxygen atoms in total. The fraction of sp³-hybridized carbons (Fsp3) is 0.111. The Balaban J connectivity index is 2.03. The molecule has 1 heterocycles. The lowest BCUT2D eigenvalue weighted by Crippen LogP contribution is -2.38. The van der Waals surface area contributed by atoms with Crippen LogP contribution in [0.25, 0.3) is 11.0 Å². The molecule has 10 heteroatoms. The number of ether oxygens (including phenoxy) is 2. The van der Waals surface area contributed by atoms with E-state index in [1.54, 1.807) is 0 Å². The minimum Gasteiger partial charge on any atom is -0.618 e. The summed E-state index contributed by atoms with van der Waals surface area (Å²) in [6.07, 6.45) is 0. The van der Waals surface area contributed by atoms with Crippen LogP contribution in [0.3, 0.4) is 0 Å². The zero-order valence-electron chi connectivity index (χ0n) is 14.2. The van der Waals surface area contributed by atoms with Crippen LogP contribution in [-0.4, -0.2) is 24.0 Å². The molecule has 0 N–H and O–H groups in total. The molecule has 3 aromatic rings. The number of nitrogens with zero attached hydrogens (tertiary/aromatic N) is 2. The number of carbonyl (C=O) groups excluding carboxylic acids is 2. The predicted octanol–water partition coefficient (Wildman–Crippen LogP) is 3.46. The van der Waals surface area contributed by atoms with Crippen LogP contribution in [0.4, 0.5) is 4.39 Å². The maximum Gasteiger partial charge on any atom is 0.406 e. The molecule has 0 saturated carbocycles. The molecule has 28 heavy (non-hydrogen) atoms. The highest BCUT2D eigenvalue weighted by Gasteiger charge is 2.29. The monoisotopic (exact) mass is 424 g/mol. The fourth-order valence-electron chi connectivity index (χ4n) is 2.45. The smallest absolute Gasteiger partial charge is 0.406 e. The van der Waals surface area contributed by atoms with Crippen molar-refractivity contribution in [3.05, 3.63) is 74.4 Å². The van der Waals surface area contributed by atoms with Crippen molar-refractivity contribution in [2.75, 3.05) is 7.11 Å². The second-order valence-electron chi connectivity index (χ2n) is 5.50. The Labute approximate surface area is 167 Å². The maximum absolute atomic E-state index is 13.7. The molecule has 1 aromatic heterocycles. The molecule has 0 aliphatic rings. The first-order valence-corrected chi connectivity index (χ1v) is 8.50. The third kappa shape index (κ3) is 3.69. The quantitative estimate of drug-likeness (QED) is 0.361. The molecule has 3 rings (SSSR count). The van der Waals surface area contributed by atoms with Gasteiger partial charge in [0.15, 0.2) is 5.69 Å². The Hall–Kier alpha value is -2.97. The van der Waals surface area contributed by atoms with Crippen molar-refractivity contribution >= 4 is 46.2 Å². The number of methoxy groups -OCH3 is 1. The van der Waals surface area contributed by atoms with Crippen molar-refractivity contribution in [3.63, 3.8) is 0 Å². The number of rotatable bonds is 4. The van der Waals surface area contributed by atoms with Gasteiger partial charge in [0.1, 0.15) is 17.9 Å². The lowest BCUT2D eigenvalue weighted by molar-refractivity contribution is -0.581. The van der Waals surface area contributed by atoms with Crippen LogP contribution in [0, 0.1) is 11.0 Å². The maximum atomic E-state index is 13.7. The first kappa shape index (κ1) is 19.8. The topological polar surface area (TPSA) is 92.4 Å². The molecule has 2 aromatic carbocycles. The van der Waals surface area contributed by atoms with E-state index in [2.05, 4.69) is 9.72 Å². The van der Waals surface area contributed by atoms with Crippen molar-refractivity contribution in [2.45, 2.75) is 6.61 Å². The fourth-order valence-corrected chi connectivity index (χ4v) is 2.77. The Morgan fingerprint density at radius 2 is 1.86 bits per heavy atom. The highest BCUT2D eigenvalue weighted by atomic mass is 35.5. The van der Waals surface area contributed by atoms with Gasteiger partial charge in [-0.05, 0) is 18.2 Å². The minimum atomic E-state index is -0.993. The summed E-state index contributed by atoms with van der Waals surface area (Å²) < 4.78 is 23.6. The summed E-state index contributed by atoms with van der Waals surface area (Å²) in [5.41, 5.74) is -0.882. The van der Waals surface area contributed by atoms with Crippen molar-refractivity contribution < 1.29 is 28.2 Å². The van der Waals surface area contributed by atoms with Gasteiger partial charge in [-0.25, -0.2) is 19.0 Å². The third-order valence-corrected chi connectivity index (χ3v) is 4.50. The molecule has 0 spiro atoms. The van der Waals surface area contributed by atoms with Crippen molar-refractivity contribution in [3.8, 4) is 0 Å². The van der Waals surface area contributed by atoms with Crippen LogP contribution in [0.2, 0.25) is 10.0 Å². The van der Waals surface area contributed by atoms with Gasteiger partial charge in [0.2, 0.25) is 5.52 Å². The number of benzene rings is 2. The number of esters is 2. The molecule has 0 fully saturated rings. The van der Waals surface area contributed by atoms with Gasteiger partial charge in [-0.1, -0.05) is 35.3 Å². The van der Waals surface area contributed by atoms with E-state index in [1.807, 2.05) is 0 Å². The number of aromatic nitrogens is 2. The van der Waals surface area contributed by atoms with E-state index in [-0.39, 0.29) is 37.1 Å². The summed E-state index contributed by atoms with van der Waals surface area (Å²) in [5.74, 6) is -2.75. The van der Waals surface area contributed by atoms with E-state index < -0.39 is 30.1 Å². The Morgan fingerprint density at radius 1 is 1.18 bits per heavy atom. The number of fused-ring (bicyclic) bond motifs is 1. The van der Waals surface area contributed by atoms with Gasteiger partial charge in [0, 0.05) is 6.07 Å². The molecule has 0 aliphatic heterocycles. The molecule has 0 saturated heterocycles. The second kappa shape index (κ2) is 7.95. The van der Waals surface area contributed by atoms with E-state index in [0.717, 1.165) is 13.2 Å². The van der Waals surface area contributed by atoms with Crippen LogP contribution in [-0.2, 0) is 16.1 Å². The van der Waals surface area contributed by atoms with E-state index in [1.165, 1.54) is 30.3 Å². The summed E-state index contributed by atoms with van der Waals surface area (Å²) in [6, 6.07) is 7.80. The molecular weight excluding hydrogens is 414 g/mol. The van der Waals surface area contributed by atoms with Gasteiger partial charge in [0.05, 0.1) is 22.7 Å². The summed E-state index contributed by atoms with van der Waals surface area (Å²) in [5, 5.41) is 12.9. The summed E-state index contributed by atoms with van der Waals surface area (Å²) in [7, 11) is 1.08. The summed E-state index contributed by atoms with van der Waals surface area (Å²) in [6.45, 7) is -0.573. The zero-order chi connectivity index (χ0) is 20.4. The number of halogens is 3. The van der Waals surface area contributed by atoms with Crippen LogP contribution in [0.5, 0.6) is 0 Å². The number of hydrogen-bond donors (Lipinski definition) is 0. The Bertz CT molecular complexity index is 1110. The first-order chi connectivity index (χ1) is 13.3. The van der Waals surface area contributed by atoms with E-state index in [4.69, 9.17) is 27.9 Å². The first-order valence-electron chi connectivity index (χ1n) is 7.74. The average molecular weight is 425 g/mol. The van der Waals surface area contributed by atoms with Crippen molar-refractivity contribution in [1.82, 2.24) is 4.98 Å². The van der Waals surface area contributed by atoms with Crippen LogP contribution < -0.4 is 4.73 Å². The highest BCUT2D eigenvalue weighted by molar-refractivity contribution is 6.42. The van der Waals surface area contributed by atoms with Crippen LogP contribution in [0.1, 0.15) is 26.5 Å². The molecule has 0 bridgehead atoms. The van der Waals surface area contributed by atoms with Crippen molar-refractivity contribution in [2.24, 2.45) is 0 Å². The van der Waals surface area contributed by atoms with Gasteiger partial charge in [-0.2, -0.15) is 4.73 Å². The van der Waals surface area contributed by atoms with Gasteiger partial charge in [0.25, 0.3) is 0 Å². The lowest BCUT2D eigenvalue weighted by Gasteiger charge is -2.11. The zero-order valence-corrected chi connectivity index (χ0v) is 15.8. The summed E-state index contributed by atoms with van der Waals surface area (Å²) in [4.78, 5) is 28.3. The Morgan fingerprint density at radius 3 is 2.54 bits per heavy atom. The molecule has 0 atom stereocenters. The van der Waals surface area contributed by atoms with Gasteiger partial charge >= 0.3 is 17.6 Å². The van der Waals surface area contributed by atoms with Gasteiger partial charge < -0.3 is 14.7 Å². The van der Waals surface area contributed by atoms with E-state index in [9.17, 15) is 19.2 Å². The van der Waals surface area contributed by atoms with E-state index >= 15 is 0 Å². The standard InChI is InChI=1S/C18H11Cl2FN2O5/c1-27-18(25)16-14(8-28-17(24)9-4-2-3-5-12(9)21)22-13-6-10(19)11(20)7-15(13)23(16)26/h2-7H,8H2,1H3. The van der Waals surface area contributed by atoms with Crippen molar-refractivity contribution in [1.29, 1.82) is 0 Å².